The van der Waals surface area contributed by atoms with Gasteiger partial charge in [0.25, 0.3) is 0 Å². The van der Waals surface area contributed by atoms with Gasteiger partial charge in [-0.25, -0.2) is 4.98 Å². The van der Waals surface area contributed by atoms with Crippen LogP contribution in [0.5, 0.6) is 5.88 Å². The summed E-state index contributed by atoms with van der Waals surface area (Å²) in [7, 11) is 1.64. The number of nitrogens with zero attached hydrogens (tertiary/aromatic N) is 1. The highest BCUT2D eigenvalue weighted by atomic mass is 16.5. The molecule has 86 valence electrons. The Morgan fingerprint density at radius 1 is 1.31 bits per heavy atom. The standard InChI is InChI=1S/C13H17NO2/c1-11(2)4-5-12-6-7-13(14-10-12)16-9-8-15-3/h6-7,10-11H,8-9H2,1-3H3. The van der Waals surface area contributed by atoms with Crippen molar-refractivity contribution in [3.8, 4) is 17.7 Å². The van der Waals surface area contributed by atoms with Crippen molar-refractivity contribution in [2.75, 3.05) is 20.3 Å². The second kappa shape index (κ2) is 6.86. The summed E-state index contributed by atoms with van der Waals surface area (Å²) in [5.41, 5.74) is 0.910. The lowest BCUT2D eigenvalue weighted by molar-refractivity contribution is 0.144. The number of pyridine rings is 1. The highest BCUT2D eigenvalue weighted by Crippen LogP contribution is 2.06. The Kier molecular flexibility index (Phi) is 5.38. The van der Waals surface area contributed by atoms with E-state index in [1.807, 2.05) is 12.1 Å². The molecule has 0 saturated heterocycles. The first-order valence-corrected chi connectivity index (χ1v) is 5.31. The monoisotopic (exact) mass is 219 g/mol. The molecule has 1 rings (SSSR count). The van der Waals surface area contributed by atoms with Crippen molar-refractivity contribution in [2.45, 2.75) is 13.8 Å². The Morgan fingerprint density at radius 2 is 2.12 bits per heavy atom. The van der Waals surface area contributed by atoms with E-state index in [0.29, 0.717) is 25.0 Å². The van der Waals surface area contributed by atoms with Crippen molar-refractivity contribution in [2.24, 2.45) is 5.92 Å². The first-order chi connectivity index (χ1) is 7.72. The zero-order chi connectivity index (χ0) is 11.8. The van der Waals surface area contributed by atoms with E-state index in [-0.39, 0.29) is 0 Å². The van der Waals surface area contributed by atoms with Gasteiger partial charge >= 0.3 is 0 Å². The molecule has 0 aliphatic rings. The van der Waals surface area contributed by atoms with Gasteiger partial charge in [0.1, 0.15) is 6.61 Å². The third kappa shape index (κ3) is 4.81. The molecule has 0 radical (unpaired) electrons. The molecular weight excluding hydrogens is 202 g/mol. The van der Waals surface area contributed by atoms with Crippen molar-refractivity contribution < 1.29 is 9.47 Å². The van der Waals surface area contributed by atoms with Gasteiger partial charge in [0.05, 0.1) is 6.61 Å². The maximum atomic E-state index is 5.34. The minimum absolute atomic E-state index is 0.373. The van der Waals surface area contributed by atoms with Gasteiger partial charge < -0.3 is 9.47 Å². The summed E-state index contributed by atoms with van der Waals surface area (Å²) >= 11 is 0. The Hall–Kier alpha value is -1.53. The molecule has 0 saturated carbocycles. The van der Waals surface area contributed by atoms with Gasteiger partial charge in [-0.3, -0.25) is 0 Å². The fraction of sp³-hybridized carbons (Fsp3) is 0.462. The molecule has 0 bridgehead atoms. The molecule has 3 nitrogen and oxygen atoms in total. The number of hydrogen-bond acceptors (Lipinski definition) is 3. The molecule has 0 aliphatic heterocycles. The zero-order valence-electron chi connectivity index (χ0n) is 9.99. The lowest BCUT2D eigenvalue weighted by Crippen LogP contribution is -2.05. The second-order valence-electron chi connectivity index (χ2n) is 3.65. The number of ether oxygens (including phenoxy) is 2. The summed E-state index contributed by atoms with van der Waals surface area (Å²) in [6.45, 7) is 5.20. The van der Waals surface area contributed by atoms with Gasteiger partial charge in [0.15, 0.2) is 0 Å². The lowest BCUT2D eigenvalue weighted by Gasteiger charge is -2.03. The molecule has 0 spiro atoms. The van der Waals surface area contributed by atoms with Crippen molar-refractivity contribution in [3.63, 3.8) is 0 Å². The van der Waals surface area contributed by atoms with E-state index < -0.39 is 0 Å². The van der Waals surface area contributed by atoms with E-state index in [9.17, 15) is 0 Å². The Labute approximate surface area is 96.8 Å². The predicted molar refractivity (Wildman–Crippen MR) is 63.3 cm³/mol. The molecule has 3 heteroatoms. The summed E-state index contributed by atoms with van der Waals surface area (Å²) in [6, 6.07) is 3.73. The normalized spacial score (nSPS) is 9.75. The maximum absolute atomic E-state index is 5.34. The average molecular weight is 219 g/mol. The van der Waals surface area contributed by atoms with Crippen LogP contribution in [0.1, 0.15) is 19.4 Å². The van der Waals surface area contributed by atoms with Gasteiger partial charge in [-0.05, 0) is 6.07 Å². The number of rotatable bonds is 4. The van der Waals surface area contributed by atoms with E-state index in [4.69, 9.17) is 9.47 Å². The molecule has 0 aromatic carbocycles. The molecule has 1 heterocycles. The van der Waals surface area contributed by atoms with Crippen LogP contribution in [0.4, 0.5) is 0 Å². The SMILES string of the molecule is COCCOc1ccc(C#CC(C)C)cn1. The van der Waals surface area contributed by atoms with E-state index in [0.717, 1.165) is 5.56 Å². The van der Waals surface area contributed by atoms with Crippen molar-refractivity contribution in [3.05, 3.63) is 23.9 Å². The highest BCUT2D eigenvalue weighted by Gasteiger charge is 1.94. The first kappa shape index (κ1) is 12.5. The molecule has 16 heavy (non-hydrogen) atoms. The molecule has 0 unspecified atom stereocenters. The van der Waals surface area contributed by atoms with Crippen LogP contribution in [0.15, 0.2) is 18.3 Å². The van der Waals surface area contributed by atoms with Crippen LogP contribution in [0.25, 0.3) is 0 Å². The highest BCUT2D eigenvalue weighted by molar-refractivity contribution is 5.33. The molecule has 0 fully saturated rings. The van der Waals surface area contributed by atoms with Gasteiger partial charge in [0.2, 0.25) is 5.88 Å². The van der Waals surface area contributed by atoms with Crippen LogP contribution >= 0.6 is 0 Å². The summed E-state index contributed by atoms with van der Waals surface area (Å²) < 4.78 is 10.2. The fourth-order valence-electron chi connectivity index (χ4n) is 0.997. The number of hydrogen-bond donors (Lipinski definition) is 0. The summed E-state index contributed by atoms with van der Waals surface area (Å²) in [5.74, 6) is 7.11. The quantitative estimate of drug-likeness (QED) is 0.574. The lowest BCUT2D eigenvalue weighted by atomic mass is 10.2. The minimum Gasteiger partial charge on any atom is -0.475 e. The summed E-state index contributed by atoms with van der Waals surface area (Å²) in [5, 5.41) is 0. The third-order valence-electron chi connectivity index (χ3n) is 1.78. The Balaban J connectivity index is 2.52. The minimum atomic E-state index is 0.373. The van der Waals surface area contributed by atoms with Crippen LogP contribution < -0.4 is 4.74 Å². The fourth-order valence-corrected chi connectivity index (χ4v) is 0.997. The van der Waals surface area contributed by atoms with Gasteiger partial charge in [0, 0.05) is 30.9 Å². The van der Waals surface area contributed by atoms with Crippen LogP contribution in [0.3, 0.4) is 0 Å². The predicted octanol–water partition coefficient (Wildman–Crippen LogP) is 2.11. The summed E-state index contributed by atoms with van der Waals surface area (Å²) in [6.07, 6.45) is 1.72. The van der Waals surface area contributed by atoms with E-state index in [2.05, 4.69) is 30.7 Å². The smallest absolute Gasteiger partial charge is 0.213 e. The molecule has 0 N–H and O–H groups in total. The molecule has 1 aromatic rings. The van der Waals surface area contributed by atoms with Crippen molar-refractivity contribution >= 4 is 0 Å². The Bertz CT molecular complexity index is 360. The largest absolute Gasteiger partial charge is 0.475 e. The van der Waals surface area contributed by atoms with Crippen LogP contribution in [-0.2, 0) is 4.74 Å². The van der Waals surface area contributed by atoms with Gasteiger partial charge in [-0.2, -0.15) is 0 Å². The molecule has 0 aliphatic carbocycles. The van der Waals surface area contributed by atoms with Gasteiger partial charge in [-0.1, -0.05) is 25.7 Å². The zero-order valence-corrected chi connectivity index (χ0v) is 9.99. The Morgan fingerprint density at radius 3 is 2.69 bits per heavy atom. The first-order valence-electron chi connectivity index (χ1n) is 5.31. The third-order valence-corrected chi connectivity index (χ3v) is 1.78. The molecule has 1 aromatic heterocycles. The molecular formula is C13H17NO2. The van der Waals surface area contributed by atoms with Crippen LogP contribution in [0.2, 0.25) is 0 Å². The van der Waals surface area contributed by atoms with E-state index >= 15 is 0 Å². The molecule has 0 amide bonds. The number of aromatic nitrogens is 1. The van der Waals surface area contributed by atoms with Gasteiger partial charge in [-0.15, -0.1) is 0 Å². The van der Waals surface area contributed by atoms with E-state index in [1.165, 1.54) is 0 Å². The van der Waals surface area contributed by atoms with Crippen LogP contribution in [-0.4, -0.2) is 25.3 Å². The second-order valence-corrected chi connectivity index (χ2v) is 3.65. The number of methoxy groups -OCH3 is 1. The topological polar surface area (TPSA) is 31.4 Å². The van der Waals surface area contributed by atoms with Crippen LogP contribution in [0, 0.1) is 17.8 Å². The maximum Gasteiger partial charge on any atom is 0.213 e. The van der Waals surface area contributed by atoms with Crippen molar-refractivity contribution in [1.29, 1.82) is 0 Å². The average Bonchev–Trinajstić information content (AvgIpc) is 2.28. The van der Waals surface area contributed by atoms with E-state index in [1.54, 1.807) is 13.3 Å². The van der Waals surface area contributed by atoms with Crippen molar-refractivity contribution in [1.82, 2.24) is 4.98 Å². The summed E-state index contributed by atoms with van der Waals surface area (Å²) in [4.78, 5) is 4.15. The molecule has 0 atom stereocenters.